The highest BCUT2D eigenvalue weighted by Crippen LogP contribution is 2.06. The van der Waals surface area contributed by atoms with Crippen molar-refractivity contribution in [3.8, 4) is 0 Å². The van der Waals surface area contributed by atoms with Gasteiger partial charge in [-0.3, -0.25) is 0 Å². The maximum Gasteiger partial charge on any atom is 0.00140 e. The molecule has 0 aliphatic rings. The largest absolute Gasteiger partial charge is 0.176 e. The number of hydrogen-bond donors (Lipinski definition) is 1. The van der Waals surface area contributed by atoms with Gasteiger partial charge in [-0.05, 0) is 12.8 Å². The van der Waals surface area contributed by atoms with Gasteiger partial charge in [-0.15, -0.1) is 0 Å². The van der Waals surface area contributed by atoms with Crippen LogP contribution < -0.4 is 0 Å². The third-order valence-electron chi connectivity index (χ3n) is 1.09. The number of rotatable bonds is 3. The molecule has 58 valence electrons. The normalized spacial score (nSPS) is 11.7. The van der Waals surface area contributed by atoms with E-state index in [9.17, 15) is 0 Å². The molecule has 0 amide bonds. The van der Waals surface area contributed by atoms with E-state index in [2.05, 4.69) is 26.5 Å². The summed E-state index contributed by atoms with van der Waals surface area (Å²) in [6, 6.07) is 0. The Hall–Kier alpha value is 0.350. The molecule has 0 aromatic carbocycles. The van der Waals surface area contributed by atoms with E-state index in [4.69, 9.17) is 0 Å². The van der Waals surface area contributed by atoms with E-state index in [1.165, 1.54) is 19.3 Å². The number of hydrogen-bond acceptors (Lipinski definition) is 1. The minimum absolute atomic E-state index is 0.644. The Kier molecular flexibility index (Phi) is 15.0. The Morgan fingerprint density at radius 2 is 1.67 bits per heavy atom. The molecule has 0 radical (unpaired) electrons. The van der Waals surface area contributed by atoms with Gasteiger partial charge in [0.2, 0.25) is 0 Å². The highest BCUT2D eigenvalue weighted by molar-refractivity contribution is 7.80. The topological polar surface area (TPSA) is 0 Å². The van der Waals surface area contributed by atoms with Crippen molar-refractivity contribution in [3.05, 3.63) is 0 Å². The average molecular weight is 148 g/mol. The van der Waals surface area contributed by atoms with Gasteiger partial charge >= 0.3 is 0 Å². The van der Waals surface area contributed by atoms with Gasteiger partial charge in [-0.25, -0.2) is 0 Å². The first-order valence-electron chi connectivity index (χ1n) is 3.99. The van der Waals surface area contributed by atoms with Gasteiger partial charge in [0.05, 0.1) is 0 Å². The second-order valence-corrected chi connectivity index (χ2v) is 2.58. The van der Waals surface area contributed by atoms with Crippen molar-refractivity contribution in [2.75, 3.05) is 0 Å². The lowest BCUT2D eigenvalue weighted by Crippen LogP contribution is -1.92. The molecule has 0 fully saturated rings. The molecule has 0 N–H and O–H groups in total. The third kappa shape index (κ3) is 11.8. The van der Waals surface area contributed by atoms with Crippen LogP contribution >= 0.6 is 12.6 Å². The highest BCUT2D eigenvalue weighted by Gasteiger charge is 1.93. The molecule has 0 aliphatic carbocycles. The smallest absolute Gasteiger partial charge is 0.00140 e. The molecule has 0 rings (SSSR count). The van der Waals surface area contributed by atoms with Crippen molar-refractivity contribution in [1.29, 1.82) is 0 Å². The van der Waals surface area contributed by atoms with Crippen molar-refractivity contribution in [1.82, 2.24) is 0 Å². The minimum Gasteiger partial charge on any atom is -0.176 e. The summed E-state index contributed by atoms with van der Waals surface area (Å²) in [5.74, 6) is 0. The van der Waals surface area contributed by atoms with Gasteiger partial charge in [0.25, 0.3) is 0 Å². The molecule has 0 nitrogen and oxygen atoms in total. The molecule has 0 aromatic rings. The van der Waals surface area contributed by atoms with Crippen LogP contribution in [-0.2, 0) is 0 Å². The third-order valence-corrected chi connectivity index (χ3v) is 1.72. The SMILES string of the molecule is CC.CCCC(S)CC. The van der Waals surface area contributed by atoms with Crippen molar-refractivity contribution in [2.24, 2.45) is 0 Å². The van der Waals surface area contributed by atoms with E-state index in [0.717, 1.165) is 0 Å². The highest BCUT2D eigenvalue weighted by atomic mass is 32.1. The second kappa shape index (κ2) is 11.2. The molecule has 9 heavy (non-hydrogen) atoms. The lowest BCUT2D eigenvalue weighted by Gasteiger charge is -2.01. The van der Waals surface area contributed by atoms with E-state index in [0.29, 0.717) is 5.25 Å². The van der Waals surface area contributed by atoms with Crippen molar-refractivity contribution in [2.45, 2.75) is 52.2 Å². The van der Waals surface area contributed by atoms with Crippen LogP contribution in [0, 0.1) is 0 Å². The molecule has 0 spiro atoms. The molecule has 0 aromatic heterocycles. The summed E-state index contributed by atoms with van der Waals surface area (Å²) in [5.41, 5.74) is 0. The minimum atomic E-state index is 0.644. The number of thiol groups is 1. The lowest BCUT2D eigenvalue weighted by molar-refractivity contribution is 0.724. The van der Waals surface area contributed by atoms with Crippen LogP contribution in [0.15, 0.2) is 0 Å². The Morgan fingerprint density at radius 3 is 1.78 bits per heavy atom. The first kappa shape index (κ1) is 12.1. The van der Waals surface area contributed by atoms with E-state index in [-0.39, 0.29) is 0 Å². The fourth-order valence-electron chi connectivity index (χ4n) is 0.537. The van der Waals surface area contributed by atoms with Crippen LogP contribution in [0.1, 0.15) is 47.0 Å². The quantitative estimate of drug-likeness (QED) is 0.582. The zero-order valence-electron chi connectivity index (χ0n) is 7.15. The maximum atomic E-state index is 4.31. The standard InChI is InChI=1S/C6H14S.C2H6/c1-3-5-6(7)4-2;1-2/h6-7H,3-5H2,1-2H3;1-2H3. The van der Waals surface area contributed by atoms with E-state index in [1.54, 1.807) is 0 Å². The molecule has 1 unspecified atom stereocenters. The summed E-state index contributed by atoms with van der Waals surface area (Å²) in [4.78, 5) is 0. The van der Waals surface area contributed by atoms with Crippen LogP contribution in [0.2, 0.25) is 0 Å². The summed E-state index contributed by atoms with van der Waals surface area (Å²) >= 11 is 4.31. The Labute approximate surface area is 65.5 Å². The predicted octanol–water partition coefficient (Wildman–Crippen LogP) is 3.52. The maximum absolute atomic E-state index is 4.31. The molecule has 1 heteroatoms. The molecule has 0 saturated carbocycles. The second-order valence-electron chi connectivity index (χ2n) is 1.85. The van der Waals surface area contributed by atoms with Crippen LogP contribution in [0.5, 0.6) is 0 Å². The van der Waals surface area contributed by atoms with Crippen molar-refractivity contribution >= 4 is 12.6 Å². The monoisotopic (exact) mass is 148 g/mol. The molecule has 0 aliphatic heterocycles. The van der Waals surface area contributed by atoms with Gasteiger partial charge in [0.15, 0.2) is 0 Å². The van der Waals surface area contributed by atoms with E-state index in [1.807, 2.05) is 13.8 Å². The van der Waals surface area contributed by atoms with Gasteiger partial charge < -0.3 is 0 Å². The van der Waals surface area contributed by atoms with Gasteiger partial charge in [0, 0.05) is 5.25 Å². The van der Waals surface area contributed by atoms with Crippen LogP contribution in [-0.4, -0.2) is 5.25 Å². The Balaban J connectivity index is 0. The van der Waals surface area contributed by atoms with Gasteiger partial charge in [-0.1, -0.05) is 34.1 Å². The molecule has 0 bridgehead atoms. The fourth-order valence-corrected chi connectivity index (χ4v) is 0.796. The van der Waals surface area contributed by atoms with E-state index >= 15 is 0 Å². The zero-order valence-corrected chi connectivity index (χ0v) is 8.04. The zero-order chi connectivity index (χ0) is 7.70. The van der Waals surface area contributed by atoms with E-state index < -0.39 is 0 Å². The van der Waals surface area contributed by atoms with Crippen molar-refractivity contribution < 1.29 is 0 Å². The lowest BCUT2D eigenvalue weighted by atomic mass is 10.2. The first-order chi connectivity index (χ1) is 4.31. The molecular formula is C8H20S. The molecular weight excluding hydrogens is 128 g/mol. The van der Waals surface area contributed by atoms with Gasteiger partial charge in [-0.2, -0.15) is 12.6 Å². The fraction of sp³-hybridized carbons (Fsp3) is 1.00. The summed E-state index contributed by atoms with van der Waals surface area (Å²) in [6.07, 6.45) is 3.73. The molecule has 1 atom stereocenters. The summed E-state index contributed by atoms with van der Waals surface area (Å²) < 4.78 is 0. The van der Waals surface area contributed by atoms with Crippen LogP contribution in [0.25, 0.3) is 0 Å². The first-order valence-corrected chi connectivity index (χ1v) is 4.51. The summed E-state index contributed by atoms with van der Waals surface area (Å²) in [5, 5.41) is 0.644. The Bertz CT molecular complexity index is 35.5. The van der Waals surface area contributed by atoms with Crippen molar-refractivity contribution in [3.63, 3.8) is 0 Å². The summed E-state index contributed by atoms with van der Waals surface area (Å²) in [6.45, 7) is 8.37. The average Bonchev–Trinajstić information content (AvgIpc) is 1.93. The van der Waals surface area contributed by atoms with Crippen LogP contribution in [0.3, 0.4) is 0 Å². The van der Waals surface area contributed by atoms with Crippen LogP contribution in [0.4, 0.5) is 0 Å². The Morgan fingerprint density at radius 1 is 1.22 bits per heavy atom. The molecule has 0 saturated heterocycles. The van der Waals surface area contributed by atoms with Gasteiger partial charge in [0.1, 0.15) is 0 Å². The summed E-state index contributed by atoms with van der Waals surface area (Å²) in [7, 11) is 0. The molecule has 0 heterocycles. The predicted molar refractivity (Wildman–Crippen MR) is 49.3 cm³/mol.